The second kappa shape index (κ2) is 5.67. The number of nitrogens with zero attached hydrogens (tertiary/aromatic N) is 2. The maximum atomic E-state index is 13.1. The molecule has 1 fully saturated rings. The van der Waals surface area contributed by atoms with Gasteiger partial charge in [-0.05, 0) is 23.8 Å². The van der Waals surface area contributed by atoms with Crippen LogP contribution in [-0.2, 0) is 10.3 Å². The summed E-state index contributed by atoms with van der Waals surface area (Å²) in [5.41, 5.74) is 6.12. The molecule has 2 heterocycles. The molecule has 1 atom stereocenters. The number of carbonyl (C=O) groups excluding carboxylic acids is 2. The molecule has 2 aromatic carbocycles. The molecule has 2 aromatic rings. The highest BCUT2D eigenvalue weighted by molar-refractivity contribution is 6.31. The Morgan fingerprint density at radius 3 is 2.72 bits per heavy atom. The molecule has 0 radical (unpaired) electrons. The molecular weight excluding hydrogens is 342 g/mol. The summed E-state index contributed by atoms with van der Waals surface area (Å²) in [6, 6.07) is 14.5. The standard InChI is InChI=1S/C18H16ClN3O3/c19-13-6-7-15-14(8-13)22-17(24)21(9-16(20)23)10-18(22,11-25-15)12-4-2-1-3-5-12/h1-8H,9-11H2,(H2,20,23). The summed E-state index contributed by atoms with van der Waals surface area (Å²) in [4.78, 5) is 27.6. The quantitative estimate of drug-likeness (QED) is 0.916. The van der Waals surface area contributed by atoms with Crippen molar-refractivity contribution in [2.45, 2.75) is 5.54 Å². The summed E-state index contributed by atoms with van der Waals surface area (Å²) < 4.78 is 5.96. The van der Waals surface area contributed by atoms with Gasteiger partial charge in [0.25, 0.3) is 0 Å². The van der Waals surface area contributed by atoms with Crippen molar-refractivity contribution >= 4 is 29.2 Å². The van der Waals surface area contributed by atoms with Crippen LogP contribution in [0.25, 0.3) is 0 Å². The number of urea groups is 1. The number of amides is 3. The number of anilines is 1. The van der Waals surface area contributed by atoms with Crippen molar-refractivity contribution in [1.29, 1.82) is 0 Å². The van der Waals surface area contributed by atoms with Gasteiger partial charge in [-0.25, -0.2) is 4.79 Å². The van der Waals surface area contributed by atoms with Crippen molar-refractivity contribution < 1.29 is 14.3 Å². The number of hydrogen-bond donors (Lipinski definition) is 1. The lowest BCUT2D eigenvalue weighted by Gasteiger charge is -2.41. The van der Waals surface area contributed by atoms with Crippen LogP contribution in [0.2, 0.25) is 5.02 Å². The highest BCUT2D eigenvalue weighted by Gasteiger charge is 2.55. The Labute approximate surface area is 149 Å². The molecule has 128 valence electrons. The van der Waals surface area contributed by atoms with Gasteiger partial charge in [0.2, 0.25) is 5.91 Å². The van der Waals surface area contributed by atoms with Crippen molar-refractivity contribution in [3.05, 3.63) is 59.1 Å². The summed E-state index contributed by atoms with van der Waals surface area (Å²) >= 11 is 6.15. The lowest BCUT2D eigenvalue weighted by molar-refractivity contribution is -0.118. The van der Waals surface area contributed by atoms with Gasteiger partial charge >= 0.3 is 6.03 Å². The molecular formula is C18H16ClN3O3. The molecule has 0 aliphatic carbocycles. The van der Waals surface area contributed by atoms with E-state index in [1.54, 1.807) is 23.1 Å². The zero-order chi connectivity index (χ0) is 17.6. The first kappa shape index (κ1) is 15.8. The van der Waals surface area contributed by atoms with Crippen LogP contribution in [0.5, 0.6) is 5.75 Å². The van der Waals surface area contributed by atoms with E-state index in [9.17, 15) is 9.59 Å². The first-order valence-electron chi connectivity index (χ1n) is 7.86. The van der Waals surface area contributed by atoms with E-state index in [2.05, 4.69) is 0 Å². The first-order valence-corrected chi connectivity index (χ1v) is 8.24. The van der Waals surface area contributed by atoms with Gasteiger partial charge in [-0.1, -0.05) is 41.9 Å². The minimum absolute atomic E-state index is 0.139. The normalized spacial score (nSPS) is 21.6. The van der Waals surface area contributed by atoms with Crippen molar-refractivity contribution in [2.24, 2.45) is 5.73 Å². The molecule has 2 aliphatic rings. The van der Waals surface area contributed by atoms with E-state index in [4.69, 9.17) is 22.1 Å². The van der Waals surface area contributed by atoms with Gasteiger partial charge in [-0.2, -0.15) is 0 Å². The number of fused-ring (bicyclic) bond motifs is 3. The molecule has 1 saturated heterocycles. The predicted octanol–water partition coefficient (Wildman–Crippen LogP) is 2.36. The third-order valence-corrected chi connectivity index (χ3v) is 4.86. The Kier molecular flexibility index (Phi) is 3.58. The lowest BCUT2D eigenvalue weighted by atomic mass is 9.88. The molecule has 2 aliphatic heterocycles. The average molecular weight is 358 g/mol. The highest BCUT2D eigenvalue weighted by Crippen LogP contribution is 2.48. The third kappa shape index (κ3) is 2.41. The van der Waals surface area contributed by atoms with Crippen LogP contribution in [0.4, 0.5) is 10.5 Å². The van der Waals surface area contributed by atoms with E-state index < -0.39 is 11.4 Å². The van der Waals surface area contributed by atoms with Crippen LogP contribution in [0.15, 0.2) is 48.5 Å². The van der Waals surface area contributed by atoms with Crippen molar-refractivity contribution in [3.8, 4) is 5.75 Å². The molecule has 0 spiro atoms. The summed E-state index contributed by atoms with van der Waals surface area (Å²) in [5, 5.41) is 0.507. The van der Waals surface area contributed by atoms with E-state index in [0.29, 0.717) is 23.0 Å². The van der Waals surface area contributed by atoms with Crippen LogP contribution in [-0.4, -0.2) is 36.5 Å². The van der Waals surface area contributed by atoms with Crippen LogP contribution in [0.3, 0.4) is 0 Å². The van der Waals surface area contributed by atoms with Crippen molar-refractivity contribution in [2.75, 3.05) is 24.6 Å². The Morgan fingerprint density at radius 2 is 2.00 bits per heavy atom. The topological polar surface area (TPSA) is 75.9 Å². The number of carbonyl (C=O) groups is 2. The predicted molar refractivity (Wildman–Crippen MR) is 93.7 cm³/mol. The second-order valence-electron chi connectivity index (χ2n) is 6.24. The Morgan fingerprint density at radius 1 is 1.24 bits per heavy atom. The SMILES string of the molecule is NC(=O)CN1CC2(c3ccccc3)COc3ccc(Cl)cc3N2C1=O. The summed E-state index contributed by atoms with van der Waals surface area (Å²) in [6.07, 6.45) is 0. The number of benzene rings is 2. The van der Waals surface area contributed by atoms with Crippen LogP contribution in [0, 0.1) is 0 Å². The summed E-state index contributed by atoms with van der Waals surface area (Å²) in [5.74, 6) is 0.0360. The number of primary amides is 1. The zero-order valence-electron chi connectivity index (χ0n) is 13.3. The minimum Gasteiger partial charge on any atom is -0.488 e. The van der Waals surface area contributed by atoms with Crippen LogP contribution >= 0.6 is 11.6 Å². The molecule has 6 nitrogen and oxygen atoms in total. The van der Waals surface area contributed by atoms with Gasteiger partial charge in [0, 0.05) is 5.02 Å². The van der Waals surface area contributed by atoms with Gasteiger partial charge in [0.1, 0.15) is 24.4 Å². The maximum Gasteiger partial charge on any atom is 0.326 e. The van der Waals surface area contributed by atoms with E-state index in [-0.39, 0.29) is 19.2 Å². The molecule has 0 saturated carbocycles. The fourth-order valence-corrected chi connectivity index (χ4v) is 3.74. The second-order valence-corrected chi connectivity index (χ2v) is 6.68. The van der Waals surface area contributed by atoms with Crippen LogP contribution < -0.4 is 15.4 Å². The molecule has 3 amide bonds. The molecule has 4 rings (SSSR count). The van der Waals surface area contributed by atoms with E-state index in [1.807, 2.05) is 30.3 Å². The monoisotopic (exact) mass is 357 g/mol. The molecule has 25 heavy (non-hydrogen) atoms. The van der Waals surface area contributed by atoms with Crippen LogP contribution in [0.1, 0.15) is 5.56 Å². The molecule has 2 N–H and O–H groups in total. The van der Waals surface area contributed by atoms with Gasteiger partial charge in [-0.15, -0.1) is 0 Å². The van der Waals surface area contributed by atoms with Gasteiger partial charge in [-0.3, -0.25) is 9.69 Å². The fourth-order valence-electron chi connectivity index (χ4n) is 3.57. The smallest absolute Gasteiger partial charge is 0.326 e. The van der Waals surface area contributed by atoms with Crippen molar-refractivity contribution in [1.82, 2.24) is 4.90 Å². The third-order valence-electron chi connectivity index (χ3n) is 4.63. The number of hydrogen-bond acceptors (Lipinski definition) is 3. The van der Waals surface area contributed by atoms with Crippen molar-refractivity contribution in [3.63, 3.8) is 0 Å². The minimum atomic E-state index is -0.731. The molecule has 0 aromatic heterocycles. The zero-order valence-corrected chi connectivity index (χ0v) is 14.1. The van der Waals surface area contributed by atoms with E-state index in [0.717, 1.165) is 5.56 Å². The summed E-state index contributed by atoms with van der Waals surface area (Å²) in [7, 11) is 0. The van der Waals surface area contributed by atoms with E-state index >= 15 is 0 Å². The number of halogens is 1. The largest absolute Gasteiger partial charge is 0.488 e. The van der Waals surface area contributed by atoms with E-state index in [1.165, 1.54) is 4.90 Å². The number of nitrogens with two attached hydrogens (primary N) is 1. The lowest BCUT2D eigenvalue weighted by Crippen LogP contribution is -2.51. The number of rotatable bonds is 3. The molecule has 1 unspecified atom stereocenters. The Balaban J connectivity index is 1.88. The maximum absolute atomic E-state index is 13.1. The highest BCUT2D eigenvalue weighted by atomic mass is 35.5. The average Bonchev–Trinajstić information content (AvgIpc) is 2.88. The Bertz CT molecular complexity index is 858. The van der Waals surface area contributed by atoms with Gasteiger partial charge < -0.3 is 15.4 Å². The van der Waals surface area contributed by atoms with Gasteiger partial charge in [0.15, 0.2) is 0 Å². The molecule has 7 heteroatoms. The molecule has 0 bridgehead atoms. The first-order chi connectivity index (χ1) is 12.0. The number of ether oxygens (including phenoxy) is 1. The fraction of sp³-hybridized carbons (Fsp3) is 0.222. The summed E-state index contributed by atoms with van der Waals surface area (Å²) in [6.45, 7) is 0.456. The Hall–Kier alpha value is -2.73. The van der Waals surface area contributed by atoms with Gasteiger partial charge in [0.05, 0.1) is 12.2 Å².